The van der Waals surface area contributed by atoms with Crippen LogP contribution in [0.1, 0.15) is 29.3 Å². The number of rotatable bonds is 26. The number of carbonyl (C=O) groups excluding carboxylic acids is 2. The smallest absolute Gasteiger partial charge is 0.349 e. The molecule has 0 heterocycles. The minimum Gasteiger partial charge on any atom is -0.349 e. The lowest BCUT2D eigenvalue weighted by Crippen LogP contribution is -2.81. The first-order valence-electron chi connectivity index (χ1n) is 19.6. The van der Waals surface area contributed by atoms with Crippen LogP contribution in [-0.2, 0) is 4.79 Å². The van der Waals surface area contributed by atoms with E-state index in [2.05, 4.69) is 4.99 Å². The van der Waals surface area contributed by atoms with E-state index in [1.165, 1.54) is 0 Å². The van der Waals surface area contributed by atoms with Crippen LogP contribution in [0.5, 0.6) is 0 Å². The molecule has 504 valence electrons. The molecule has 0 aliphatic carbocycles. The first-order chi connectivity index (χ1) is 36.7. The molecule has 0 saturated heterocycles. The van der Waals surface area contributed by atoms with Crippen LogP contribution in [0, 0.1) is 6.92 Å². The first-order valence-corrected chi connectivity index (χ1v) is 19.6. The van der Waals surface area contributed by atoms with Crippen LogP contribution in [0.3, 0.4) is 0 Å². The lowest BCUT2D eigenvalue weighted by atomic mass is 9.81. The second-order valence-corrected chi connectivity index (χ2v) is 17.0. The molecule has 4 nitrogen and oxygen atoms in total. The fourth-order valence-electron chi connectivity index (χ4n) is 6.06. The number of benzene rings is 1. The summed E-state index contributed by atoms with van der Waals surface area (Å²) in [6, 6.07) is -0.875. The number of alkyl halides is 47. The van der Waals surface area contributed by atoms with Gasteiger partial charge in [0, 0.05) is 18.0 Å². The van der Waals surface area contributed by atoms with Gasteiger partial charge in [-0.15, -0.1) is 0 Å². The lowest BCUT2D eigenvalue weighted by molar-refractivity contribution is -0.498. The van der Waals surface area contributed by atoms with Crippen molar-refractivity contribution in [1.29, 1.82) is 0 Å². The maximum absolute atomic E-state index is 14.6. The number of nitrogens with zero attached hydrogens (tertiary/aromatic N) is 1. The molecule has 1 unspecified atom stereocenters. The summed E-state index contributed by atoms with van der Waals surface area (Å²) in [5.74, 6) is -226. The van der Waals surface area contributed by atoms with E-state index >= 15 is 0 Å². The summed E-state index contributed by atoms with van der Waals surface area (Å²) < 4.78 is 659. The molecule has 0 aliphatic heterocycles. The Hall–Kier alpha value is -5.22. The number of aliphatic imine (C=N–C) groups is 1. The second kappa shape index (κ2) is 20.7. The van der Waals surface area contributed by atoms with Gasteiger partial charge in [-0.05, 0) is 31.5 Å². The van der Waals surface area contributed by atoms with Gasteiger partial charge in [0.15, 0.2) is 0 Å². The van der Waals surface area contributed by atoms with Crippen molar-refractivity contribution in [3.05, 3.63) is 29.3 Å². The average molecular weight is 1390 g/mol. The van der Waals surface area contributed by atoms with E-state index in [-0.39, 0.29) is 6.92 Å². The molecule has 86 heavy (non-hydrogen) atoms. The van der Waals surface area contributed by atoms with E-state index in [1.807, 2.05) is 0 Å². The highest BCUT2D eigenvalue weighted by molar-refractivity contribution is 5.97. The predicted molar refractivity (Wildman–Crippen MR) is 175 cm³/mol. The van der Waals surface area contributed by atoms with Crippen LogP contribution in [-0.4, -0.2) is 155 Å². The molecular formula is C35H13F47N2O2. The topological polar surface area (TPSA) is 58.5 Å². The van der Waals surface area contributed by atoms with Gasteiger partial charge in [0.25, 0.3) is 5.91 Å². The molecule has 0 radical (unpaired) electrons. The highest BCUT2D eigenvalue weighted by Crippen LogP contribution is 2.72. The standard InChI is InChI=1S/C35H13F47N2O2/c1-8(84-12(86)10-4-3-5-11(9(10)2)83-7-85)6-13(36,37)14(38,39)15(40,41)16(42,43)17(44,45)18(46,47)19(48,49)20(50,51)21(52,53)22(54,55)23(56,57)24(58,59)25(60,61)26(62,63)27(64,65)28(66,67)29(68,69)30(70,71)31(72,73)32(74,75)33(76,77)34(78,79)35(80,81)82/h3-5,8H,6H2,1-2H3,(H,84,86). The SMILES string of the molecule is Cc1c(N=C=O)cccc1C(=O)NC(C)CC(F)(F)C(F)(F)C(F)(F)C(F)(F)C(F)(F)C(F)(F)C(F)(F)C(F)(F)C(F)(F)C(F)(F)C(F)(F)C(F)(F)C(F)(F)C(F)(F)C(F)(F)C(F)(F)C(F)(F)C(F)(F)C(F)(F)C(F)(F)C(F)(F)C(F)(F)C(F)(F)F. The van der Waals surface area contributed by atoms with Crippen molar-refractivity contribution in [1.82, 2.24) is 5.32 Å². The number of hydrogen-bond acceptors (Lipinski definition) is 3. The van der Waals surface area contributed by atoms with E-state index < -0.39 is 172 Å². The van der Waals surface area contributed by atoms with Gasteiger partial charge in [-0.1, -0.05) is 6.07 Å². The van der Waals surface area contributed by atoms with Crippen LogP contribution < -0.4 is 5.32 Å². The Kier molecular flexibility index (Phi) is 18.9. The Morgan fingerprint density at radius 3 is 0.756 bits per heavy atom. The summed E-state index contributed by atoms with van der Waals surface area (Å²) in [6.45, 7) is 0.707. The van der Waals surface area contributed by atoms with Gasteiger partial charge in [0.05, 0.1) is 5.69 Å². The summed E-state index contributed by atoms with van der Waals surface area (Å²) in [6.07, 6.45) is -11.3. The minimum absolute atomic E-state index is 0.0981. The van der Waals surface area contributed by atoms with Crippen molar-refractivity contribution in [2.45, 2.75) is 163 Å². The van der Waals surface area contributed by atoms with Crippen LogP contribution in [0.4, 0.5) is 212 Å². The molecule has 0 spiro atoms. The monoisotopic (exact) mass is 1390 g/mol. The molecule has 1 aromatic rings. The summed E-state index contributed by atoms with van der Waals surface area (Å²) in [4.78, 5) is 25.8. The predicted octanol–water partition coefficient (Wildman–Crippen LogP) is 17.0. The Morgan fingerprint density at radius 1 is 0.360 bits per heavy atom. The molecule has 51 heteroatoms. The third-order valence-corrected chi connectivity index (χ3v) is 11.4. The summed E-state index contributed by atoms with van der Waals surface area (Å²) in [5, 5.41) is 1.11. The van der Waals surface area contributed by atoms with E-state index in [9.17, 15) is 216 Å². The fraction of sp³-hybridized carbons (Fsp3) is 0.771. The van der Waals surface area contributed by atoms with Crippen molar-refractivity contribution in [3.63, 3.8) is 0 Å². The van der Waals surface area contributed by atoms with Crippen LogP contribution in [0.25, 0.3) is 0 Å². The van der Waals surface area contributed by atoms with Gasteiger partial charge in [-0.3, -0.25) is 4.79 Å². The molecule has 1 amide bonds. The summed E-state index contributed by atoms with van der Waals surface area (Å²) in [7, 11) is 0. The van der Waals surface area contributed by atoms with Gasteiger partial charge in [-0.25, -0.2) is 4.79 Å². The molecule has 1 rings (SSSR count). The normalized spacial score (nSPS) is 16.7. The number of hydrogen-bond donors (Lipinski definition) is 1. The van der Waals surface area contributed by atoms with E-state index in [4.69, 9.17) is 0 Å². The van der Waals surface area contributed by atoms with Crippen molar-refractivity contribution >= 4 is 17.7 Å². The number of halogens is 47. The van der Waals surface area contributed by atoms with Gasteiger partial charge < -0.3 is 5.32 Å². The zero-order valence-electron chi connectivity index (χ0n) is 38.5. The highest BCUT2D eigenvalue weighted by atomic mass is 19.4. The fourth-order valence-corrected chi connectivity index (χ4v) is 6.06. The molecule has 0 saturated carbocycles. The third-order valence-electron chi connectivity index (χ3n) is 11.4. The molecule has 1 atom stereocenters. The quantitative estimate of drug-likeness (QED) is 0.0571. The van der Waals surface area contributed by atoms with E-state index in [0.29, 0.717) is 6.07 Å². The lowest BCUT2D eigenvalue weighted by Gasteiger charge is -2.47. The van der Waals surface area contributed by atoms with Crippen LogP contribution >= 0.6 is 0 Å². The second-order valence-electron chi connectivity index (χ2n) is 17.0. The minimum atomic E-state index is -10.9. The molecule has 1 N–H and O–H groups in total. The number of carbonyl (C=O) groups is 1. The van der Waals surface area contributed by atoms with Crippen LogP contribution in [0.15, 0.2) is 23.2 Å². The Labute approximate surface area is 437 Å². The van der Waals surface area contributed by atoms with E-state index in [0.717, 1.165) is 30.5 Å². The van der Waals surface area contributed by atoms with Gasteiger partial charge in [0.2, 0.25) is 6.08 Å². The maximum atomic E-state index is 14.6. The molecule has 0 fully saturated rings. The van der Waals surface area contributed by atoms with Gasteiger partial charge in [-0.2, -0.15) is 211 Å². The Bertz CT molecular complexity index is 2710. The molecule has 0 bridgehead atoms. The Balaban J connectivity index is 4.10. The van der Waals surface area contributed by atoms with Gasteiger partial charge in [0.1, 0.15) is 0 Å². The molecular weight excluding hydrogens is 1370 g/mol. The highest BCUT2D eigenvalue weighted by Gasteiger charge is 3.04. The number of isocyanates is 1. The van der Waals surface area contributed by atoms with E-state index in [1.54, 1.807) is 0 Å². The maximum Gasteiger partial charge on any atom is 0.460 e. The van der Waals surface area contributed by atoms with Gasteiger partial charge >= 0.3 is 136 Å². The first kappa shape index (κ1) is 78.8. The molecule has 0 aliphatic rings. The van der Waals surface area contributed by atoms with Crippen LogP contribution in [0.2, 0.25) is 0 Å². The average Bonchev–Trinajstić information content (AvgIpc) is 0.815. The number of nitrogens with one attached hydrogen (secondary N) is 1. The zero-order chi connectivity index (χ0) is 70.3. The van der Waals surface area contributed by atoms with Crippen molar-refractivity contribution in [3.8, 4) is 0 Å². The molecule has 0 aromatic heterocycles. The largest absolute Gasteiger partial charge is 0.460 e. The summed E-state index contributed by atoms with van der Waals surface area (Å²) in [5.41, 5.74) is -2.00. The Morgan fingerprint density at radius 2 is 0.558 bits per heavy atom. The van der Waals surface area contributed by atoms with Crippen molar-refractivity contribution in [2.24, 2.45) is 4.99 Å². The zero-order valence-corrected chi connectivity index (χ0v) is 38.5. The third kappa shape index (κ3) is 9.60. The van der Waals surface area contributed by atoms with Crippen molar-refractivity contribution in [2.75, 3.05) is 0 Å². The van der Waals surface area contributed by atoms with Crippen molar-refractivity contribution < 1.29 is 216 Å². The number of amides is 1. The summed E-state index contributed by atoms with van der Waals surface area (Å²) >= 11 is 0. The molecule has 1 aromatic carbocycles.